The predicted molar refractivity (Wildman–Crippen MR) is 110 cm³/mol. The molecule has 1 aromatic carbocycles. The number of nitrogens with one attached hydrogen (secondary N) is 1. The molecule has 10 heteroatoms. The van der Waals surface area contributed by atoms with Crippen LogP contribution in [0.15, 0.2) is 35.2 Å². The van der Waals surface area contributed by atoms with E-state index in [1.54, 1.807) is 0 Å². The van der Waals surface area contributed by atoms with Gasteiger partial charge in [0, 0.05) is 19.5 Å². The summed E-state index contributed by atoms with van der Waals surface area (Å²) in [4.78, 5) is 12.4. The summed E-state index contributed by atoms with van der Waals surface area (Å²) >= 11 is 0. The number of allylic oxidation sites excluding steroid dienone is 2. The molecule has 0 radical (unpaired) electrons. The molecular weight excluding hydrogens is 433 g/mol. The van der Waals surface area contributed by atoms with Gasteiger partial charge in [-0.15, -0.1) is 0 Å². The molecule has 0 aromatic heterocycles. The molecule has 1 heterocycles. The Morgan fingerprint density at radius 2 is 1.87 bits per heavy atom. The number of carbonyl (C=O) groups is 1. The van der Waals surface area contributed by atoms with Gasteiger partial charge in [0.25, 0.3) is 0 Å². The number of sulfonamides is 1. The summed E-state index contributed by atoms with van der Waals surface area (Å²) in [5.41, 5.74) is -0.0767. The van der Waals surface area contributed by atoms with E-state index in [-0.39, 0.29) is 28.7 Å². The highest BCUT2D eigenvalue weighted by Gasteiger charge is 2.30. The Bertz CT molecular complexity index is 908. The molecule has 1 atom stereocenters. The van der Waals surface area contributed by atoms with E-state index in [2.05, 4.69) is 5.32 Å². The molecule has 2 aliphatic rings. The number of carbonyl (C=O) groups excluding carboxylic acids is 1. The third kappa shape index (κ3) is 6.70. The lowest BCUT2D eigenvalue weighted by molar-refractivity contribution is -0.153. The number of rotatable bonds is 7. The fourth-order valence-corrected chi connectivity index (χ4v) is 5.33. The fraction of sp³-hybridized carbons (Fsp3) is 0.571. The maximum atomic E-state index is 13.1. The number of hydrogen-bond donors (Lipinski definition) is 1. The minimum atomic E-state index is -4.56. The van der Waals surface area contributed by atoms with Crippen LogP contribution in [-0.2, 0) is 14.8 Å². The number of nitrogens with zero attached hydrogens (tertiary/aromatic N) is 1. The van der Waals surface area contributed by atoms with E-state index < -0.39 is 28.7 Å². The van der Waals surface area contributed by atoms with E-state index in [4.69, 9.17) is 4.74 Å². The van der Waals surface area contributed by atoms with Gasteiger partial charge in [0.15, 0.2) is 6.61 Å². The van der Waals surface area contributed by atoms with Crippen molar-refractivity contribution < 1.29 is 31.1 Å². The lowest BCUT2D eigenvalue weighted by atomic mass is 10.1. The molecule has 1 amide bonds. The van der Waals surface area contributed by atoms with E-state index >= 15 is 0 Å². The van der Waals surface area contributed by atoms with Gasteiger partial charge in [-0.05, 0) is 49.8 Å². The lowest BCUT2D eigenvalue weighted by Crippen LogP contribution is -2.32. The van der Waals surface area contributed by atoms with Gasteiger partial charge < -0.3 is 10.1 Å². The molecular formula is C21H27F3N2O4S. The van der Waals surface area contributed by atoms with Crippen LogP contribution < -0.4 is 10.1 Å². The van der Waals surface area contributed by atoms with Crippen LogP contribution in [0.3, 0.4) is 0 Å². The van der Waals surface area contributed by atoms with Gasteiger partial charge in [-0.1, -0.05) is 25.0 Å². The monoisotopic (exact) mass is 460 g/mol. The molecule has 1 saturated heterocycles. The molecule has 1 unspecified atom stereocenters. The zero-order chi connectivity index (χ0) is 22.5. The van der Waals surface area contributed by atoms with E-state index in [1.807, 2.05) is 12.2 Å². The summed E-state index contributed by atoms with van der Waals surface area (Å²) in [6.45, 7) is -0.756. The highest BCUT2D eigenvalue weighted by atomic mass is 32.2. The van der Waals surface area contributed by atoms with E-state index in [1.165, 1.54) is 22.5 Å². The van der Waals surface area contributed by atoms with Gasteiger partial charge in [0.05, 0.1) is 10.6 Å². The van der Waals surface area contributed by atoms with E-state index in [9.17, 15) is 26.4 Å². The second-order valence-corrected chi connectivity index (χ2v) is 9.84. The zero-order valence-corrected chi connectivity index (χ0v) is 18.0. The summed E-state index contributed by atoms with van der Waals surface area (Å²) < 4.78 is 70.3. The van der Waals surface area contributed by atoms with Gasteiger partial charge in [-0.2, -0.15) is 17.5 Å². The number of anilines is 1. The maximum absolute atomic E-state index is 13.1. The molecule has 3 rings (SSSR count). The molecule has 31 heavy (non-hydrogen) atoms. The molecule has 1 aliphatic heterocycles. The number of benzene rings is 1. The van der Waals surface area contributed by atoms with Crippen LogP contribution in [0, 0.1) is 5.92 Å². The molecule has 0 spiro atoms. The van der Waals surface area contributed by atoms with Crippen molar-refractivity contribution in [3.05, 3.63) is 30.4 Å². The number of alkyl halides is 3. The average Bonchev–Trinajstić information content (AvgIpc) is 3.04. The van der Waals surface area contributed by atoms with Crippen LogP contribution >= 0.6 is 0 Å². The predicted octanol–water partition coefficient (Wildman–Crippen LogP) is 4.49. The van der Waals surface area contributed by atoms with Crippen LogP contribution in [0.4, 0.5) is 18.9 Å². The molecule has 6 nitrogen and oxygen atoms in total. The Morgan fingerprint density at radius 3 is 2.48 bits per heavy atom. The molecule has 1 N–H and O–H groups in total. The number of ether oxygens (including phenoxy) is 1. The number of amides is 1. The number of hydrogen-bond acceptors (Lipinski definition) is 4. The van der Waals surface area contributed by atoms with Crippen molar-refractivity contribution in [2.24, 2.45) is 5.92 Å². The minimum absolute atomic E-state index is 0.0589. The van der Waals surface area contributed by atoms with Crippen molar-refractivity contribution >= 4 is 21.6 Å². The summed E-state index contributed by atoms with van der Waals surface area (Å²) in [5, 5.41) is 2.55. The summed E-state index contributed by atoms with van der Waals surface area (Å²) in [5.74, 6) is -0.566. The SMILES string of the molecule is O=C(CC1C=CCC1)Nc1cc(S(=O)(=O)N2CCCCCC2)ccc1OCC(F)(F)F. The zero-order valence-electron chi connectivity index (χ0n) is 17.2. The fourth-order valence-electron chi connectivity index (χ4n) is 3.79. The lowest BCUT2D eigenvalue weighted by Gasteiger charge is -2.21. The van der Waals surface area contributed by atoms with Crippen molar-refractivity contribution in [3.8, 4) is 5.75 Å². The summed E-state index contributed by atoms with van der Waals surface area (Å²) in [7, 11) is -3.83. The molecule has 172 valence electrons. The molecule has 0 saturated carbocycles. The second kappa shape index (κ2) is 10.0. The smallest absolute Gasteiger partial charge is 0.422 e. The Morgan fingerprint density at radius 1 is 1.16 bits per heavy atom. The first-order chi connectivity index (χ1) is 14.6. The highest BCUT2D eigenvalue weighted by molar-refractivity contribution is 7.89. The first-order valence-electron chi connectivity index (χ1n) is 10.5. The average molecular weight is 461 g/mol. The van der Waals surface area contributed by atoms with Gasteiger partial charge in [-0.25, -0.2) is 8.42 Å². The number of halogens is 3. The standard InChI is InChI=1S/C21H27F3N2O4S/c22-21(23,24)15-30-19-10-9-17(31(28,29)26-11-5-1-2-6-12-26)14-18(19)25-20(27)13-16-7-3-4-8-16/h3,7,9-10,14,16H,1-2,4-6,8,11-13,15H2,(H,25,27). The first-order valence-corrected chi connectivity index (χ1v) is 11.9. The second-order valence-electron chi connectivity index (χ2n) is 7.90. The van der Waals surface area contributed by atoms with Crippen LogP contribution in [-0.4, -0.2) is 44.5 Å². The topological polar surface area (TPSA) is 75.7 Å². The van der Waals surface area contributed by atoms with Crippen LogP contribution in [0.2, 0.25) is 0 Å². The van der Waals surface area contributed by atoms with Crippen LogP contribution in [0.5, 0.6) is 5.75 Å². The summed E-state index contributed by atoms with van der Waals surface area (Å²) in [6.07, 6.45) is 4.63. The largest absolute Gasteiger partial charge is 0.482 e. The molecule has 0 bridgehead atoms. The quantitative estimate of drug-likeness (QED) is 0.609. The van der Waals surface area contributed by atoms with Gasteiger partial charge >= 0.3 is 6.18 Å². The van der Waals surface area contributed by atoms with E-state index in [0.717, 1.165) is 38.5 Å². The molecule has 1 aromatic rings. The van der Waals surface area contributed by atoms with Crippen molar-refractivity contribution in [1.82, 2.24) is 4.31 Å². The maximum Gasteiger partial charge on any atom is 0.422 e. The van der Waals surface area contributed by atoms with E-state index in [0.29, 0.717) is 13.1 Å². The normalized spacial score (nSPS) is 20.4. The van der Waals surface area contributed by atoms with Crippen LogP contribution in [0.25, 0.3) is 0 Å². The van der Waals surface area contributed by atoms with Gasteiger partial charge in [0.2, 0.25) is 15.9 Å². The Balaban J connectivity index is 1.84. The molecule has 1 fully saturated rings. The van der Waals surface area contributed by atoms with Crippen molar-refractivity contribution in [1.29, 1.82) is 0 Å². The minimum Gasteiger partial charge on any atom is -0.482 e. The van der Waals surface area contributed by atoms with Gasteiger partial charge in [0.1, 0.15) is 5.75 Å². The molecule has 1 aliphatic carbocycles. The van der Waals surface area contributed by atoms with Crippen LogP contribution in [0.1, 0.15) is 44.9 Å². The Hall–Kier alpha value is -2.07. The highest BCUT2D eigenvalue weighted by Crippen LogP contribution is 2.32. The summed E-state index contributed by atoms with van der Waals surface area (Å²) in [6, 6.07) is 3.58. The van der Waals surface area contributed by atoms with Crippen molar-refractivity contribution in [3.63, 3.8) is 0 Å². The first kappa shape index (κ1) is 23.6. The third-order valence-corrected chi connectivity index (χ3v) is 7.27. The Labute approximate surface area is 180 Å². The van der Waals surface area contributed by atoms with Gasteiger partial charge in [-0.3, -0.25) is 4.79 Å². The third-order valence-electron chi connectivity index (χ3n) is 5.38. The van der Waals surface area contributed by atoms with Crippen molar-refractivity contribution in [2.45, 2.75) is 56.0 Å². The Kier molecular flexibility index (Phi) is 7.64. The van der Waals surface area contributed by atoms with Crippen molar-refractivity contribution in [2.75, 3.05) is 25.0 Å².